The minimum Gasteiger partial charge on any atom is -0.478 e. The Balaban J connectivity index is 2.74. The molecule has 0 unspecified atom stereocenters. The molecule has 0 bridgehead atoms. The molecular weight excluding hydrogens is 484 g/mol. The first-order valence-electron chi connectivity index (χ1n) is 13.9. The van der Waals surface area contributed by atoms with Crippen LogP contribution < -0.4 is 11.5 Å². The van der Waals surface area contributed by atoms with Gasteiger partial charge in [0.05, 0.1) is 22.3 Å². The lowest BCUT2D eigenvalue weighted by atomic mass is 9.82. The number of primary amides is 2. The van der Waals surface area contributed by atoms with E-state index >= 15 is 0 Å². The van der Waals surface area contributed by atoms with Gasteiger partial charge in [-0.15, -0.1) is 0 Å². The van der Waals surface area contributed by atoms with Gasteiger partial charge in [0.25, 0.3) is 0 Å². The summed E-state index contributed by atoms with van der Waals surface area (Å²) < 4.78 is 0. The summed E-state index contributed by atoms with van der Waals surface area (Å²) in [4.78, 5) is 49.7. The highest BCUT2D eigenvalue weighted by atomic mass is 16.4. The van der Waals surface area contributed by atoms with Gasteiger partial charge in [0.15, 0.2) is 0 Å². The molecule has 0 saturated carbocycles. The molecule has 0 saturated heterocycles. The third kappa shape index (κ3) is 7.55. The van der Waals surface area contributed by atoms with Gasteiger partial charge in [0, 0.05) is 5.39 Å². The zero-order chi connectivity index (χ0) is 28.2. The van der Waals surface area contributed by atoms with E-state index < -0.39 is 40.4 Å². The molecule has 0 fully saturated rings. The number of hydrogen-bond acceptors (Lipinski definition) is 4. The molecule has 0 atom stereocenters. The summed E-state index contributed by atoms with van der Waals surface area (Å²) in [6, 6.07) is 3.43. The number of aryl methyl sites for hydroxylation is 2. The Morgan fingerprint density at radius 3 is 1.55 bits per heavy atom. The molecule has 208 valence electrons. The van der Waals surface area contributed by atoms with Crippen LogP contribution in [0.3, 0.4) is 0 Å². The molecule has 0 aliphatic heterocycles. The number of carbonyl (C=O) groups is 4. The molecular formula is C30H42N2O6. The quantitative estimate of drug-likeness (QED) is 0.168. The van der Waals surface area contributed by atoms with E-state index in [-0.39, 0.29) is 16.3 Å². The van der Waals surface area contributed by atoms with E-state index in [0.717, 1.165) is 69.8 Å². The van der Waals surface area contributed by atoms with Gasteiger partial charge in [-0.05, 0) is 42.2 Å². The van der Waals surface area contributed by atoms with Gasteiger partial charge in [-0.25, -0.2) is 9.59 Å². The van der Waals surface area contributed by atoms with Crippen molar-refractivity contribution in [1.29, 1.82) is 0 Å². The molecule has 0 aromatic heterocycles. The summed E-state index contributed by atoms with van der Waals surface area (Å²) in [7, 11) is 0. The number of rotatable bonds is 18. The number of nitrogens with two attached hydrogens (primary N) is 2. The van der Waals surface area contributed by atoms with E-state index in [1.807, 2.05) is 6.07 Å². The standard InChI is InChI=1S/C30H42N2O6/c1-3-5-7-9-11-13-15-19-17-18-21-22(20(19)16-14-12-10-8-6-4-2)25(29(35)36)26(30(37)38)24(28(32)34)23(21)27(31)33/h17-18H,3-16H2,1-2H3,(H2,31,33)(H2,32,34)(H,35,36)(H,37,38). The van der Waals surface area contributed by atoms with Crippen molar-refractivity contribution in [3.63, 3.8) is 0 Å². The molecule has 0 aliphatic rings. The summed E-state index contributed by atoms with van der Waals surface area (Å²) >= 11 is 0. The summed E-state index contributed by atoms with van der Waals surface area (Å²) in [6.45, 7) is 4.31. The van der Waals surface area contributed by atoms with E-state index in [0.29, 0.717) is 18.4 Å². The molecule has 0 spiro atoms. The highest BCUT2D eigenvalue weighted by Gasteiger charge is 2.33. The van der Waals surface area contributed by atoms with Crippen LogP contribution in [0.4, 0.5) is 0 Å². The highest BCUT2D eigenvalue weighted by Crippen LogP contribution is 2.36. The fourth-order valence-electron chi connectivity index (χ4n) is 5.32. The second kappa shape index (κ2) is 15.1. The predicted octanol–water partition coefficient (Wildman–Crippen LogP) is 6.24. The zero-order valence-corrected chi connectivity index (χ0v) is 22.7. The molecule has 8 nitrogen and oxygen atoms in total. The van der Waals surface area contributed by atoms with Crippen LogP contribution in [0.15, 0.2) is 12.1 Å². The zero-order valence-electron chi connectivity index (χ0n) is 22.7. The maximum Gasteiger partial charge on any atom is 0.337 e. The van der Waals surface area contributed by atoms with Crippen molar-refractivity contribution in [2.24, 2.45) is 11.5 Å². The SMILES string of the molecule is CCCCCCCCc1ccc2c(C(N)=O)c(C(N)=O)c(C(=O)O)c(C(=O)O)c2c1CCCCCCCC. The van der Waals surface area contributed by atoms with Crippen molar-refractivity contribution in [3.8, 4) is 0 Å². The molecule has 2 amide bonds. The van der Waals surface area contributed by atoms with Crippen LogP contribution in [0.25, 0.3) is 10.8 Å². The Hall–Kier alpha value is -3.42. The molecule has 8 heteroatoms. The number of fused-ring (bicyclic) bond motifs is 1. The van der Waals surface area contributed by atoms with Crippen molar-refractivity contribution in [2.45, 2.75) is 104 Å². The average molecular weight is 527 g/mol. The van der Waals surface area contributed by atoms with Crippen LogP contribution >= 0.6 is 0 Å². The van der Waals surface area contributed by atoms with E-state index in [1.165, 1.54) is 12.8 Å². The van der Waals surface area contributed by atoms with Gasteiger partial charge in [0.2, 0.25) is 11.8 Å². The third-order valence-corrected chi connectivity index (χ3v) is 7.18. The summed E-state index contributed by atoms with van der Waals surface area (Å²) in [6.07, 6.45) is 14.0. The first-order valence-corrected chi connectivity index (χ1v) is 13.9. The van der Waals surface area contributed by atoms with Crippen LogP contribution in [0.1, 0.15) is 143 Å². The smallest absolute Gasteiger partial charge is 0.337 e. The summed E-state index contributed by atoms with van der Waals surface area (Å²) in [5, 5.41) is 20.5. The van der Waals surface area contributed by atoms with Gasteiger partial charge >= 0.3 is 11.9 Å². The molecule has 0 aliphatic carbocycles. The predicted molar refractivity (Wildman–Crippen MR) is 149 cm³/mol. The third-order valence-electron chi connectivity index (χ3n) is 7.18. The lowest BCUT2D eigenvalue weighted by Gasteiger charge is -2.20. The number of aromatic carboxylic acids is 2. The molecule has 0 heterocycles. The van der Waals surface area contributed by atoms with Crippen LogP contribution in [-0.2, 0) is 12.8 Å². The van der Waals surface area contributed by atoms with Crippen molar-refractivity contribution in [1.82, 2.24) is 0 Å². The van der Waals surface area contributed by atoms with Gasteiger partial charge in [-0.1, -0.05) is 90.2 Å². The van der Waals surface area contributed by atoms with Crippen molar-refractivity contribution < 1.29 is 29.4 Å². The Kier molecular flexibility index (Phi) is 12.2. The van der Waals surface area contributed by atoms with Crippen LogP contribution in [0.2, 0.25) is 0 Å². The molecule has 2 aromatic carbocycles. The number of carbonyl (C=O) groups excluding carboxylic acids is 2. The fraction of sp³-hybridized carbons (Fsp3) is 0.533. The van der Waals surface area contributed by atoms with Crippen molar-refractivity contribution in [2.75, 3.05) is 0 Å². The summed E-state index contributed by atoms with van der Waals surface area (Å²) in [5.41, 5.74) is 10.4. The number of hydrogen-bond donors (Lipinski definition) is 4. The normalized spacial score (nSPS) is 11.1. The first-order chi connectivity index (χ1) is 18.2. The lowest BCUT2D eigenvalue weighted by molar-refractivity contribution is 0.0651. The number of carboxylic acid groups (broad SMARTS) is 2. The van der Waals surface area contributed by atoms with Crippen LogP contribution in [0, 0.1) is 0 Å². The number of amides is 2. The van der Waals surface area contributed by atoms with E-state index in [2.05, 4.69) is 13.8 Å². The largest absolute Gasteiger partial charge is 0.478 e. The van der Waals surface area contributed by atoms with Crippen LogP contribution in [-0.4, -0.2) is 34.0 Å². The van der Waals surface area contributed by atoms with E-state index in [4.69, 9.17) is 11.5 Å². The van der Waals surface area contributed by atoms with Gasteiger partial charge < -0.3 is 21.7 Å². The maximum atomic E-state index is 12.5. The van der Waals surface area contributed by atoms with E-state index in [9.17, 15) is 29.4 Å². The average Bonchev–Trinajstić information content (AvgIpc) is 2.86. The second-order valence-corrected chi connectivity index (χ2v) is 10.0. The minimum atomic E-state index is -1.65. The first kappa shape index (κ1) is 30.8. The van der Waals surface area contributed by atoms with Gasteiger partial charge in [-0.3, -0.25) is 9.59 Å². The van der Waals surface area contributed by atoms with Crippen molar-refractivity contribution >= 4 is 34.5 Å². The highest BCUT2D eigenvalue weighted by molar-refractivity contribution is 6.25. The maximum absolute atomic E-state index is 12.5. The van der Waals surface area contributed by atoms with Crippen molar-refractivity contribution in [3.05, 3.63) is 45.5 Å². The minimum absolute atomic E-state index is 0.154. The number of carboxylic acids is 2. The summed E-state index contributed by atoms with van der Waals surface area (Å²) in [5.74, 6) is -5.38. The molecule has 38 heavy (non-hydrogen) atoms. The topological polar surface area (TPSA) is 161 Å². The van der Waals surface area contributed by atoms with Gasteiger partial charge in [0.1, 0.15) is 0 Å². The van der Waals surface area contributed by atoms with E-state index in [1.54, 1.807) is 6.07 Å². The number of unbranched alkanes of at least 4 members (excludes halogenated alkanes) is 10. The molecule has 2 rings (SSSR count). The van der Waals surface area contributed by atoms with Gasteiger partial charge in [-0.2, -0.15) is 0 Å². The van der Waals surface area contributed by atoms with Crippen LogP contribution in [0.5, 0.6) is 0 Å². The Bertz CT molecular complexity index is 1170. The number of benzene rings is 2. The molecule has 0 radical (unpaired) electrons. The monoisotopic (exact) mass is 526 g/mol. The molecule has 6 N–H and O–H groups in total. The Labute approximate surface area is 224 Å². The Morgan fingerprint density at radius 2 is 1.08 bits per heavy atom. The fourth-order valence-corrected chi connectivity index (χ4v) is 5.32. The lowest BCUT2D eigenvalue weighted by Crippen LogP contribution is -2.27. The Morgan fingerprint density at radius 1 is 0.605 bits per heavy atom. The second-order valence-electron chi connectivity index (χ2n) is 10.0. The molecule has 2 aromatic rings.